The summed E-state index contributed by atoms with van der Waals surface area (Å²) in [5, 5.41) is 14.1. The fourth-order valence-corrected chi connectivity index (χ4v) is 8.94. The maximum Gasteiger partial charge on any atom is 0.277 e. The Labute approximate surface area is 299 Å². The molecule has 1 atom stereocenters. The van der Waals surface area contributed by atoms with E-state index < -0.39 is 0 Å². The molecule has 7 heterocycles. The van der Waals surface area contributed by atoms with Gasteiger partial charge < -0.3 is 29.2 Å². The van der Waals surface area contributed by atoms with Gasteiger partial charge in [-0.25, -0.2) is 4.98 Å². The third-order valence-electron chi connectivity index (χ3n) is 10.8. The smallest absolute Gasteiger partial charge is 0.277 e. The Bertz CT molecular complexity index is 2050. The molecule has 0 spiro atoms. The number of carbonyl (C=O) groups is 1. The van der Waals surface area contributed by atoms with Crippen LogP contribution in [0.3, 0.4) is 0 Å². The number of piperazine rings is 1. The van der Waals surface area contributed by atoms with Crippen LogP contribution in [0.5, 0.6) is 0 Å². The van der Waals surface area contributed by atoms with Crippen molar-refractivity contribution < 1.29 is 14.6 Å². The van der Waals surface area contributed by atoms with E-state index in [1.807, 2.05) is 18.3 Å². The quantitative estimate of drug-likeness (QED) is 0.285. The number of fused-ring (bicyclic) bond motifs is 3. The molecule has 0 unspecified atom stereocenters. The summed E-state index contributed by atoms with van der Waals surface area (Å²) in [5.74, 6) is 0.284. The van der Waals surface area contributed by atoms with E-state index in [9.17, 15) is 14.7 Å². The van der Waals surface area contributed by atoms with E-state index in [0.717, 1.165) is 55.8 Å². The molecule has 4 aromatic rings. The maximum absolute atomic E-state index is 14.1. The first-order chi connectivity index (χ1) is 24.0. The highest BCUT2D eigenvalue weighted by atomic mass is 79.9. The summed E-state index contributed by atoms with van der Waals surface area (Å²) >= 11 is 3.77. The molecule has 0 radical (unpaired) electrons. The van der Waals surface area contributed by atoms with Crippen molar-refractivity contribution in [2.75, 3.05) is 54.5 Å². The van der Waals surface area contributed by atoms with Gasteiger partial charge in [0.25, 0.3) is 11.5 Å². The van der Waals surface area contributed by atoms with Crippen molar-refractivity contribution in [3.63, 3.8) is 0 Å². The van der Waals surface area contributed by atoms with Crippen LogP contribution < -0.4 is 20.7 Å². The summed E-state index contributed by atoms with van der Waals surface area (Å²) in [6, 6.07) is 6.47. The number of nitrogens with zero attached hydrogens (tertiary/aromatic N) is 7. The van der Waals surface area contributed by atoms with Crippen LogP contribution in [0.25, 0.3) is 11.1 Å². The number of aromatic nitrogens is 4. The van der Waals surface area contributed by atoms with Crippen LogP contribution >= 0.6 is 15.9 Å². The number of aliphatic hydroxyl groups is 1. The zero-order valence-electron chi connectivity index (χ0n) is 28.9. The molecular weight excluding hydrogens is 700 g/mol. The van der Waals surface area contributed by atoms with Crippen molar-refractivity contribution in [1.29, 1.82) is 0 Å². The first kappa shape index (κ1) is 33.1. The van der Waals surface area contributed by atoms with Gasteiger partial charge in [-0.05, 0) is 70.4 Å². The average molecular weight is 744 g/mol. The van der Waals surface area contributed by atoms with E-state index in [-0.39, 0.29) is 23.5 Å². The van der Waals surface area contributed by atoms with Crippen LogP contribution in [0, 0.1) is 5.41 Å². The van der Waals surface area contributed by atoms with E-state index >= 15 is 0 Å². The molecule has 2 saturated heterocycles. The van der Waals surface area contributed by atoms with Gasteiger partial charge in [0.1, 0.15) is 17.2 Å². The zero-order valence-corrected chi connectivity index (χ0v) is 30.5. The molecule has 1 aliphatic carbocycles. The third kappa shape index (κ3) is 5.64. The van der Waals surface area contributed by atoms with Gasteiger partial charge in [-0.1, -0.05) is 13.8 Å². The van der Waals surface area contributed by atoms with Gasteiger partial charge in [0.05, 0.1) is 54.1 Å². The van der Waals surface area contributed by atoms with Crippen LogP contribution in [-0.2, 0) is 37.8 Å². The van der Waals surface area contributed by atoms with Gasteiger partial charge in [-0.3, -0.25) is 24.4 Å². The average Bonchev–Trinajstić information content (AvgIpc) is 3.52. The molecule has 8 rings (SSSR count). The molecule has 0 saturated carbocycles. The summed E-state index contributed by atoms with van der Waals surface area (Å²) in [5.41, 5.74) is 7.08. The number of pyridine rings is 3. The molecule has 13 heteroatoms. The lowest BCUT2D eigenvalue weighted by atomic mass is 9.90. The van der Waals surface area contributed by atoms with Crippen molar-refractivity contribution >= 4 is 44.7 Å². The number of aliphatic hydroxyl groups excluding tert-OH is 1. The second-order valence-corrected chi connectivity index (χ2v) is 15.7. The first-order valence-electron chi connectivity index (χ1n) is 17.3. The molecule has 4 aliphatic rings. The number of hydrogen-bond acceptors (Lipinski definition) is 9. The molecule has 0 aromatic carbocycles. The minimum atomic E-state index is -0.327. The fraction of sp³-hybridized carbons (Fsp3) is 0.459. The van der Waals surface area contributed by atoms with Gasteiger partial charge in [0.2, 0.25) is 0 Å². The number of amides is 1. The van der Waals surface area contributed by atoms with E-state index in [1.165, 1.54) is 15.8 Å². The number of ether oxygens (including phenoxy) is 1. The highest BCUT2D eigenvalue weighted by Crippen LogP contribution is 2.45. The Hall–Kier alpha value is -4.04. The largest absolute Gasteiger partial charge is 0.392 e. The number of hydrogen-bond donors (Lipinski definition) is 2. The Morgan fingerprint density at radius 1 is 1.10 bits per heavy atom. The third-order valence-corrected chi connectivity index (χ3v) is 11.6. The van der Waals surface area contributed by atoms with Crippen molar-refractivity contribution in [2.45, 2.75) is 58.8 Å². The van der Waals surface area contributed by atoms with Gasteiger partial charge in [-0.15, -0.1) is 0 Å². The Morgan fingerprint density at radius 3 is 2.66 bits per heavy atom. The second kappa shape index (κ2) is 12.6. The summed E-state index contributed by atoms with van der Waals surface area (Å²) in [6.45, 7) is 11.9. The van der Waals surface area contributed by atoms with E-state index in [4.69, 9.17) is 4.74 Å². The Kier molecular flexibility index (Phi) is 8.36. The van der Waals surface area contributed by atoms with Crippen LogP contribution in [0.2, 0.25) is 0 Å². The Morgan fingerprint density at radius 2 is 1.92 bits per heavy atom. The lowest BCUT2D eigenvalue weighted by molar-refractivity contribution is -0.0691. The lowest BCUT2D eigenvalue weighted by Crippen LogP contribution is -2.59. The minimum absolute atomic E-state index is 0.141. The summed E-state index contributed by atoms with van der Waals surface area (Å²) in [7, 11) is 1.71. The molecule has 2 N–H and O–H groups in total. The minimum Gasteiger partial charge on any atom is -0.392 e. The van der Waals surface area contributed by atoms with Crippen LogP contribution in [0.4, 0.5) is 22.9 Å². The van der Waals surface area contributed by atoms with E-state index in [0.29, 0.717) is 64.8 Å². The molecule has 12 nitrogen and oxygen atoms in total. The molecular formula is C37H43BrN8O4. The number of aryl methyl sites for hydroxylation is 1. The van der Waals surface area contributed by atoms with E-state index in [1.54, 1.807) is 36.6 Å². The molecule has 1 amide bonds. The van der Waals surface area contributed by atoms with Gasteiger partial charge >= 0.3 is 0 Å². The van der Waals surface area contributed by atoms with Crippen molar-refractivity contribution in [2.24, 2.45) is 12.5 Å². The molecule has 4 aromatic heterocycles. The highest BCUT2D eigenvalue weighted by Gasteiger charge is 2.40. The Balaban J connectivity index is 1.07. The zero-order chi connectivity index (χ0) is 34.9. The number of nitrogens with one attached hydrogen (secondary N) is 1. The molecule has 2 fully saturated rings. The topological polar surface area (TPSA) is 121 Å². The number of halogens is 1. The number of anilines is 4. The van der Waals surface area contributed by atoms with Gasteiger partial charge in [0, 0.05) is 75.0 Å². The lowest BCUT2D eigenvalue weighted by Gasteiger charge is -2.46. The fourth-order valence-electron chi connectivity index (χ4n) is 8.18. The highest BCUT2D eigenvalue weighted by molar-refractivity contribution is 9.10. The standard InChI is InChI=1S/C37H43BrN8O4/c1-22-17-43(26-20-50-21-26)7-8-44(22)25-12-24(15-39-16-25)41-30-11-23(18-42(4)35(30)48)27-5-6-40-34(29(27)19-47)46-10-9-45-31-14-37(2,3)13-28(31)32(38)33(45)36(46)49/h5-6,11-12,15-16,18,22,26,41,47H,7-10,13-14,17,19-21H2,1-4H3/t22-/m0/s1. The normalized spacial score (nSPS) is 20.5. The summed E-state index contributed by atoms with van der Waals surface area (Å²) in [4.78, 5) is 43.2. The maximum atomic E-state index is 14.1. The molecule has 3 aliphatic heterocycles. The van der Waals surface area contributed by atoms with Crippen LogP contribution in [0.15, 0.2) is 52.3 Å². The number of rotatable bonds is 7. The van der Waals surface area contributed by atoms with Crippen LogP contribution in [0.1, 0.15) is 48.1 Å². The predicted octanol–water partition coefficient (Wildman–Crippen LogP) is 4.34. The van der Waals surface area contributed by atoms with Gasteiger partial charge in [0.15, 0.2) is 0 Å². The monoisotopic (exact) mass is 742 g/mol. The van der Waals surface area contributed by atoms with Crippen molar-refractivity contribution in [1.82, 2.24) is 24.0 Å². The summed E-state index contributed by atoms with van der Waals surface area (Å²) < 4.78 is 9.96. The predicted molar refractivity (Wildman–Crippen MR) is 196 cm³/mol. The van der Waals surface area contributed by atoms with Crippen LogP contribution in [-0.4, -0.2) is 86.5 Å². The molecule has 50 heavy (non-hydrogen) atoms. The van der Waals surface area contributed by atoms with Crippen molar-refractivity contribution in [3.05, 3.63) is 80.3 Å². The molecule has 262 valence electrons. The summed E-state index contributed by atoms with van der Waals surface area (Å²) in [6.07, 6.45) is 8.85. The SMILES string of the molecule is C[C@H]1CN(C2COC2)CCN1c1cncc(Nc2cc(-c3ccnc(N4CCn5c6c(c(Br)c5C4=O)CC(C)(C)C6)c3CO)cn(C)c2=O)c1. The number of carbonyl (C=O) groups excluding carboxylic acids is 1. The molecule has 0 bridgehead atoms. The van der Waals surface area contributed by atoms with Gasteiger partial charge in [-0.2, -0.15) is 0 Å². The van der Waals surface area contributed by atoms with Crippen molar-refractivity contribution in [3.8, 4) is 11.1 Å². The first-order valence-corrected chi connectivity index (χ1v) is 18.1. The van der Waals surface area contributed by atoms with E-state index in [2.05, 4.69) is 66.4 Å². The second-order valence-electron chi connectivity index (χ2n) is 14.9.